The topological polar surface area (TPSA) is 118 Å². The van der Waals surface area contributed by atoms with Crippen LogP contribution in [0.15, 0.2) is 24.3 Å². The maximum atomic E-state index is 12.5. The zero-order chi connectivity index (χ0) is 19.2. The van der Waals surface area contributed by atoms with Crippen molar-refractivity contribution in [1.29, 1.82) is 0 Å². The summed E-state index contributed by atoms with van der Waals surface area (Å²) in [6.07, 6.45) is 0. The number of amides is 4. The molecule has 0 N–H and O–H groups in total. The molecule has 1 saturated heterocycles. The van der Waals surface area contributed by atoms with Crippen molar-refractivity contribution in [2.45, 2.75) is 18.3 Å². The fourth-order valence-electron chi connectivity index (χ4n) is 2.84. The first-order valence-corrected chi connectivity index (χ1v) is 8.27. The Hall–Kier alpha value is -3.01. The predicted molar refractivity (Wildman–Crippen MR) is 86.7 cm³/mol. The molecule has 1 aromatic carbocycles. The molecule has 9 nitrogen and oxygen atoms in total. The van der Waals surface area contributed by atoms with Crippen LogP contribution in [0.3, 0.4) is 0 Å². The SMILES string of the molecule is COC(=O)C(=O)N1C(=O)[C@@H](N2C(=O)c3ccccc3C2=O)[C@H]1SC(C)=O. The summed E-state index contributed by atoms with van der Waals surface area (Å²) >= 11 is 0.579. The van der Waals surface area contributed by atoms with E-state index < -0.39 is 46.1 Å². The van der Waals surface area contributed by atoms with Crippen molar-refractivity contribution in [3.8, 4) is 0 Å². The van der Waals surface area contributed by atoms with Gasteiger partial charge in [0.2, 0.25) is 0 Å². The van der Waals surface area contributed by atoms with Crippen LogP contribution < -0.4 is 0 Å². The molecule has 0 bridgehead atoms. The molecule has 4 amide bonds. The molecule has 26 heavy (non-hydrogen) atoms. The van der Waals surface area contributed by atoms with Gasteiger partial charge < -0.3 is 4.74 Å². The number of likely N-dealkylation sites (tertiary alicyclic amines) is 1. The second-order valence-electron chi connectivity index (χ2n) is 5.48. The lowest BCUT2D eigenvalue weighted by Crippen LogP contribution is -2.72. The molecule has 2 aliphatic heterocycles. The molecular formula is C16H12N2O7S. The molecule has 1 fully saturated rings. The molecule has 0 saturated carbocycles. The van der Waals surface area contributed by atoms with Crippen molar-refractivity contribution in [2.75, 3.05) is 7.11 Å². The Morgan fingerprint density at radius 3 is 2.04 bits per heavy atom. The zero-order valence-electron chi connectivity index (χ0n) is 13.6. The number of esters is 1. The van der Waals surface area contributed by atoms with Crippen LogP contribution in [0.4, 0.5) is 0 Å². The summed E-state index contributed by atoms with van der Waals surface area (Å²) < 4.78 is 4.30. The first kappa shape index (κ1) is 17.8. The van der Waals surface area contributed by atoms with Gasteiger partial charge in [-0.3, -0.25) is 33.8 Å². The number of thioether (sulfide) groups is 1. The Morgan fingerprint density at radius 1 is 1.04 bits per heavy atom. The predicted octanol–water partition coefficient (Wildman–Crippen LogP) is -0.201. The number of methoxy groups -OCH3 is 1. The smallest absolute Gasteiger partial charge is 0.397 e. The summed E-state index contributed by atoms with van der Waals surface area (Å²) in [6, 6.07) is 4.69. The Balaban J connectivity index is 1.95. The molecule has 2 heterocycles. The van der Waals surface area contributed by atoms with Gasteiger partial charge in [0.1, 0.15) is 5.37 Å². The van der Waals surface area contributed by atoms with Gasteiger partial charge in [0.05, 0.1) is 18.2 Å². The summed E-state index contributed by atoms with van der Waals surface area (Å²) in [5.74, 6) is -4.85. The van der Waals surface area contributed by atoms with Crippen LogP contribution in [-0.4, -0.2) is 63.0 Å². The minimum atomic E-state index is -1.36. The maximum Gasteiger partial charge on any atom is 0.397 e. The standard InChI is InChI=1S/C16H12N2O7S/c1-7(19)26-15-10(13(22)18(15)14(23)16(24)25-2)17-11(20)8-5-3-4-6-9(8)12(17)21/h3-6,10,15H,1-2H3/t10-,15-/m1/s1. The van der Waals surface area contributed by atoms with Crippen molar-refractivity contribution >= 4 is 46.5 Å². The number of imide groups is 2. The number of nitrogens with zero attached hydrogens (tertiary/aromatic N) is 2. The maximum absolute atomic E-state index is 12.5. The van der Waals surface area contributed by atoms with E-state index >= 15 is 0 Å². The third-order valence-corrected chi connectivity index (χ3v) is 5.03. The van der Waals surface area contributed by atoms with Crippen LogP contribution >= 0.6 is 11.8 Å². The second kappa shape index (κ2) is 6.37. The third kappa shape index (κ3) is 2.49. The van der Waals surface area contributed by atoms with E-state index in [1.807, 2.05) is 0 Å². The zero-order valence-corrected chi connectivity index (χ0v) is 14.4. The van der Waals surface area contributed by atoms with Crippen LogP contribution in [0.1, 0.15) is 27.6 Å². The number of ether oxygens (including phenoxy) is 1. The Bertz CT molecular complexity index is 846. The molecular weight excluding hydrogens is 364 g/mol. The van der Waals surface area contributed by atoms with Gasteiger partial charge in [0.15, 0.2) is 11.2 Å². The van der Waals surface area contributed by atoms with E-state index in [2.05, 4.69) is 4.74 Å². The molecule has 3 rings (SSSR count). The minimum absolute atomic E-state index is 0.134. The van der Waals surface area contributed by atoms with Crippen molar-refractivity contribution in [3.05, 3.63) is 35.4 Å². The van der Waals surface area contributed by atoms with E-state index in [-0.39, 0.29) is 11.1 Å². The molecule has 2 atom stereocenters. The number of fused-ring (bicyclic) bond motifs is 1. The number of carbonyl (C=O) groups excluding carboxylic acids is 6. The van der Waals surface area contributed by atoms with E-state index in [0.717, 1.165) is 12.0 Å². The van der Waals surface area contributed by atoms with Gasteiger partial charge >= 0.3 is 11.9 Å². The average molecular weight is 376 g/mol. The van der Waals surface area contributed by atoms with E-state index in [1.165, 1.54) is 19.1 Å². The number of benzene rings is 1. The third-order valence-electron chi connectivity index (χ3n) is 3.98. The van der Waals surface area contributed by atoms with Gasteiger partial charge in [-0.2, -0.15) is 0 Å². The quantitative estimate of drug-likeness (QED) is 0.301. The molecule has 0 aromatic heterocycles. The molecule has 1 aromatic rings. The van der Waals surface area contributed by atoms with E-state index in [0.29, 0.717) is 16.7 Å². The largest absolute Gasteiger partial charge is 0.462 e. The second-order valence-corrected chi connectivity index (χ2v) is 6.77. The number of carbonyl (C=O) groups is 6. The van der Waals surface area contributed by atoms with Gasteiger partial charge in [-0.25, -0.2) is 4.79 Å². The molecule has 0 radical (unpaired) electrons. The molecule has 10 heteroatoms. The highest BCUT2D eigenvalue weighted by atomic mass is 32.2. The highest BCUT2D eigenvalue weighted by Crippen LogP contribution is 2.38. The van der Waals surface area contributed by atoms with Gasteiger partial charge in [-0.15, -0.1) is 0 Å². The van der Waals surface area contributed by atoms with Gasteiger partial charge in [-0.1, -0.05) is 23.9 Å². The highest BCUT2D eigenvalue weighted by molar-refractivity contribution is 8.14. The highest BCUT2D eigenvalue weighted by Gasteiger charge is 2.60. The molecule has 0 spiro atoms. The molecule has 0 aliphatic carbocycles. The summed E-state index contributed by atoms with van der Waals surface area (Å²) in [5, 5.41) is -1.64. The van der Waals surface area contributed by atoms with Gasteiger partial charge in [-0.05, 0) is 12.1 Å². The van der Waals surface area contributed by atoms with Crippen molar-refractivity contribution in [1.82, 2.24) is 9.80 Å². The fourth-order valence-corrected chi connectivity index (χ4v) is 3.85. The molecule has 2 aliphatic rings. The van der Waals surface area contributed by atoms with E-state index in [9.17, 15) is 28.8 Å². The number of hydrogen-bond acceptors (Lipinski definition) is 8. The lowest BCUT2D eigenvalue weighted by atomic mass is 10.0. The van der Waals surface area contributed by atoms with Crippen LogP contribution in [0, 0.1) is 0 Å². The normalized spacial score (nSPS) is 21.4. The van der Waals surface area contributed by atoms with Crippen LogP contribution in [0.5, 0.6) is 0 Å². The van der Waals surface area contributed by atoms with Crippen molar-refractivity contribution in [3.63, 3.8) is 0 Å². The summed E-state index contributed by atoms with van der Waals surface area (Å²) in [5.41, 5.74) is 0.268. The minimum Gasteiger partial charge on any atom is -0.462 e. The Kier molecular flexibility index (Phi) is 4.36. The Morgan fingerprint density at radius 2 is 1.58 bits per heavy atom. The first-order chi connectivity index (χ1) is 12.3. The monoisotopic (exact) mass is 376 g/mol. The summed E-state index contributed by atoms with van der Waals surface area (Å²) in [4.78, 5) is 73.8. The summed E-state index contributed by atoms with van der Waals surface area (Å²) in [6.45, 7) is 1.20. The average Bonchev–Trinajstić information content (AvgIpc) is 2.86. The first-order valence-electron chi connectivity index (χ1n) is 7.39. The fraction of sp³-hybridized carbons (Fsp3) is 0.250. The van der Waals surface area contributed by atoms with Crippen LogP contribution in [0.2, 0.25) is 0 Å². The van der Waals surface area contributed by atoms with Crippen LogP contribution in [0.25, 0.3) is 0 Å². The molecule has 134 valence electrons. The lowest BCUT2D eigenvalue weighted by Gasteiger charge is -2.46. The van der Waals surface area contributed by atoms with Gasteiger partial charge in [0.25, 0.3) is 17.7 Å². The number of hydrogen-bond donors (Lipinski definition) is 0. The van der Waals surface area contributed by atoms with Crippen molar-refractivity contribution < 1.29 is 33.5 Å². The summed E-state index contributed by atoms with van der Waals surface area (Å²) in [7, 11) is 0.971. The Labute approximate surface area is 151 Å². The van der Waals surface area contributed by atoms with E-state index in [4.69, 9.17) is 0 Å². The van der Waals surface area contributed by atoms with Crippen molar-refractivity contribution in [2.24, 2.45) is 0 Å². The number of rotatable bonds is 2. The number of β-lactam (4-membered cyclic amide) rings is 1. The van der Waals surface area contributed by atoms with Crippen LogP contribution in [-0.2, 0) is 23.9 Å². The van der Waals surface area contributed by atoms with Gasteiger partial charge in [0, 0.05) is 6.92 Å². The lowest BCUT2D eigenvalue weighted by molar-refractivity contribution is -0.170. The molecule has 0 unspecified atom stereocenters. The van der Waals surface area contributed by atoms with E-state index in [1.54, 1.807) is 12.1 Å².